The fourth-order valence-electron chi connectivity index (χ4n) is 2.58. The van der Waals surface area contributed by atoms with E-state index in [1.165, 1.54) is 0 Å². The van der Waals surface area contributed by atoms with Gasteiger partial charge in [-0.1, -0.05) is 27.2 Å². The number of nitrogens with one attached hydrogen (secondary N) is 1. The first-order valence-corrected chi connectivity index (χ1v) is 7.90. The normalized spacial score (nSPS) is 18.9. The smallest absolute Gasteiger partial charge is 0.349 e. The number of ether oxygens (including phenoxy) is 1. The molecule has 0 amide bonds. The number of esters is 1. The molecule has 23 heavy (non-hydrogen) atoms. The molecule has 0 aromatic carbocycles. The molecule has 0 aromatic rings. The molecule has 0 unspecified atom stereocenters. The third kappa shape index (κ3) is 6.43. The molecule has 3 N–H and O–H groups in total. The van der Waals surface area contributed by atoms with Crippen molar-refractivity contribution in [1.82, 2.24) is 5.32 Å². The van der Waals surface area contributed by atoms with Crippen LogP contribution in [0.2, 0.25) is 0 Å². The van der Waals surface area contributed by atoms with E-state index < -0.39 is 18.9 Å². The Hall–Kier alpha value is -1.84. The van der Waals surface area contributed by atoms with Gasteiger partial charge in [-0.15, -0.1) is 0 Å². The highest BCUT2D eigenvalue weighted by Crippen LogP contribution is 2.38. The number of aliphatic hydroxyl groups excluding tert-OH is 1. The molecule has 6 heteroatoms. The minimum absolute atomic E-state index is 0.0719. The van der Waals surface area contributed by atoms with Crippen LogP contribution >= 0.6 is 0 Å². The number of carbonyl (C=O) groups excluding carboxylic acids is 1. The average molecular weight is 322 g/mol. The van der Waals surface area contributed by atoms with Gasteiger partial charge in [0.2, 0.25) is 0 Å². The number of rotatable bonds is 7. The first kappa shape index (κ1) is 19.2. The second-order valence-electron chi connectivity index (χ2n) is 6.56. The fourth-order valence-corrected chi connectivity index (χ4v) is 2.58. The summed E-state index contributed by atoms with van der Waals surface area (Å²) in [5.41, 5.74) is 1.48. The van der Waals surface area contributed by atoms with Crippen LogP contribution in [0.25, 0.3) is 0 Å². The zero-order chi connectivity index (χ0) is 17.5. The summed E-state index contributed by atoms with van der Waals surface area (Å²) < 4.78 is 4.74. The zero-order valence-electron chi connectivity index (χ0n) is 14.1. The monoisotopic (exact) mass is 322 g/mol. The number of hydrogen-bond donors (Lipinski definition) is 3. The first-order valence-electron chi connectivity index (χ1n) is 7.90. The molecule has 1 aliphatic carbocycles. The lowest BCUT2D eigenvalue weighted by atomic mass is 9.76. The van der Waals surface area contributed by atoms with Gasteiger partial charge in [0.05, 0.1) is 0 Å². The summed E-state index contributed by atoms with van der Waals surface area (Å²) in [5, 5.41) is 30.2. The topological polar surface area (TPSA) is 103 Å². The van der Waals surface area contributed by atoms with E-state index in [-0.39, 0.29) is 11.0 Å². The van der Waals surface area contributed by atoms with Crippen molar-refractivity contribution in [2.75, 3.05) is 13.2 Å². The molecule has 0 bridgehead atoms. The Bertz CT molecular complexity index is 527. The van der Waals surface area contributed by atoms with Gasteiger partial charge in [0.1, 0.15) is 18.2 Å². The molecule has 0 saturated heterocycles. The Morgan fingerprint density at radius 3 is 2.74 bits per heavy atom. The summed E-state index contributed by atoms with van der Waals surface area (Å²) in [6.07, 6.45) is 3.68. The quantitative estimate of drug-likeness (QED) is 0.217. The van der Waals surface area contributed by atoms with Crippen LogP contribution in [0.15, 0.2) is 22.9 Å². The molecular weight excluding hydrogens is 296 g/mol. The van der Waals surface area contributed by atoms with E-state index >= 15 is 0 Å². The second-order valence-corrected chi connectivity index (χ2v) is 6.56. The molecule has 0 saturated carbocycles. The maximum atomic E-state index is 12.0. The van der Waals surface area contributed by atoms with Crippen LogP contribution in [0.5, 0.6) is 0 Å². The van der Waals surface area contributed by atoms with Crippen molar-refractivity contribution in [3.63, 3.8) is 0 Å². The van der Waals surface area contributed by atoms with Crippen LogP contribution in [0.4, 0.5) is 0 Å². The number of aliphatic hydroxyl groups is 2. The van der Waals surface area contributed by atoms with Gasteiger partial charge in [-0.25, -0.2) is 4.79 Å². The minimum atomic E-state index is -1.74. The third-order valence-electron chi connectivity index (χ3n) is 3.57. The Morgan fingerprint density at radius 1 is 1.48 bits per heavy atom. The summed E-state index contributed by atoms with van der Waals surface area (Å²) in [6.45, 7) is 6.59. The molecule has 128 valence electrons. The Labute approximate surface area is 137 Å². The maximum absolute atomic E-state index is 12.0. The lowest BCUT2D eigenvalue weighted by Gasteiger charge is -2.32. The number of unbranched alkanes of at least 4 members (excludes halogenated alkanes) is 1. The van der Waals surface area contributed by atoms with Crippen molar-refractivity contribution < 1.29 is 19.7 Å². The van der Waals surface area contributed by atoms with E-state index in [2.05, 4.69) is 26.1 Å². The van der Waals surface area contributed by atoms with Crippen molar-refractivity contribution in [1.29, 1.82) is 5.26 Å². The lowest BCUT2D eigenvalue weighted by Crippen LogP contribution is -2.27. The van der Waals surface area contributed by atoms with Crippen molar-refractivity contribution in [3.05, 3.63) is 22.9 Å². The number of carbonyl (C=O) groups is 1. The van der Waals surface area contributed by atoms with Crippen molar-refractivity contribution in [2.45, 2.75) is 52.7 Å². The highest BCUT2D eigenvalue weighted by atomic mass is 16.6. The maximum Gasteiger partial charge on any atom is 0.349 e. The van der Waals surface area contributed by atoms with Crippen LogP contribution in [0.3, 0.4) is 0 Å². The van der Waals surface area contributed by atoms with Gasteiger partial charge in [0, 0.05) is 12.2 Å². The van der Waals surface area contributed by atoms with Gasteiger partial charge in [-0.05, 0) is 36.3 Å². The van der Waals surface area contributed by atoms with Gasteiger partial charge < -0.3 is 20.3 Å². The second kappa shape index (κ2) is 8.70. The molecule has 0 heterocycles. The molecule has 0 aliphatic heterocycles. The predicted octanol–water partition coefficient (Wildman–Crippen LogP) is 1.75. The molecule has 1 rings (SSSR count). The minimum Gasteiger partial charge on any atom is -0.456 e. The summed E-state index contributed by atoms with van der Waals surface area (Å²) in [6, 6.07) is 1.89. The third-order valence-corrected chi connectivity index (χ3v) is 3.57. The molecule has 0 atom stereocenters. The fraction of sp³-hybridized carbons (Fsp3) is 0.647. The molecule has 0 spiro atoms. The summed E-state index contributed by atoms with van der Waals surface area (Å²) in [5.74, 6) is -0.822. The van der Waals surface area contributed by atoms with Crippen LogP contribution in [0, 0.1) is 16.7 Å². The summed E-state index contributed by atoms with van der Waals surface area (Å²) in [4.78, 5) is 12.0. The van der Waals surface area contributed by atoms with Crippen LogP contribution in [-0.4, -0.2) is 35.6 Å². The van der Waals surface area contributed by atoms with Gasteiger partial charge in [0.15, 0.2) is 6.29 Å². The van der Waals surface area contributed by atoms with Crippen molar-refractivity contribution in [3.8, 4) is 6.07 Å². The Morgan fingerprint density at radius 2 is 2.17 bits per heavy atom. The van der Waals surface area contributed by atoms with Crippen LogP contribution in [0.1, 0.15) is 46.5 Å². The Kier molecular flexibility index (Phi) is 7.27. The largest absolute Gasteiger partial charge is 0.456 e. The number of hydrogen-bond acceptors (Lipinski definition) is 6. The molecule has 0 radical (unpaired) electrons. The van der Waals surface area contributed by atoms with E-state index in [1.807, 2.05) is 12.1 Å². The highest BCUT2D eigenvalue weighted by Gasteiger charge is 2.29. The molecule has 0 fully saturated rings. The highest BCUT2D eigenvalue weighted by molar-refractivity contribution is 5.94. The van der Waals surface area contributed by atoms with Crippen molar-refractivity contribution in [2.24, 2.45) is 5.41 Å². The van der Waals surface area contributed by atoms with Crippen molar-refractivity contribution >= 4 is 5.97 Å². The van der Waals surface area contributed by atoms with E-state index in [0.29, 0.717) is 12.0 Å². The number of nitriles is 1. The van der Waals surface area contributed by atoms with E-state index in [0.717, 1.165) is 31.5 Å². The molecule has 6 nitrogen and oxygen atoms in total. The average Bonchev–Trinajstić information content (AvgIpc) is 2.44. The van der Waals surface area contributed by atoms with Gasteiger partial charge in [-0.3, -0.25) is 0 Å². The van der Waals surface area contributed by atoms with E-state index in [9.17, 15) is 10.1 Å². The van der Waals surface area contributed by atoms with E-state index in [4.69, 9.17) is 14.9 Å². The number of nitrogens with zero attached hydrogens (tertiary/aromatic N) is 1. The summed E-state index contributed by atoms with van der Waals surface area (Å²) >= 11 is 0. The lowest BCUT2D eigenvalue weighted by molar-refractivity contribution is -0.151. The number of allylic oxidation sites excluding steroid dienone is 3. The predicted molar refractivity (Wildman–Crippen MR) is 85.8 cm³/mol. The Balaban J connectivity index is 3.00. The van der Waals surface area contributed by atoms with Gasteiger partial charge >= 0.3 is 5.97 Å². The van der Waals surface area contributed by atoms with Crippen LogP contribution < -0.4 is 5.32 Å². The SMILES string of the molecule is CCCCNC1=C/C(=C(/C#N)C(=O)OCC(O)O)CC(C)(C)C1. The molecular formula is C17H26N2O4. The standard InChI is InChI=1S/C17H26N2O4/c1-4-5-6-19-13-7-12(8-17(2,3)9-13)14(10-18)16(22)23-11-15(20)21/h7,15,19-21H,4-6,8-9,11H2,1-3H3/b14-12+. The zero-order valence-corrected chi connectivity index (χ0v) is 14.1. The molecule has 1 aliphatic rings. The first-order chi connectivity index (χ1) is 10.8. The van der Waals surface area contributed by atoms with Gasteiger partial charge in [0.25, 0.3) is 0 Å². The van der Waals surface area contributed by atoms with Crippen LogP contribution in [-0.2, 0) is 9.53 Å². The van der Waals surface area contributed by atoms with E-state index in [1.54, 1.807) is 0 Å². The summed E-state index contributed by atoms with van der Waals surface area (Å²) in [7, 11) is 0. The molecule has 0 aromatic heterocycles. The van der Waals surface area contributed by atoms with Gasteiger partial charge in [-0.2, -0.15) is 5.26 Å².